The van der Waals surface area contributed by atoms with Gasteiger partial charge in [0.05, 0.1) is 0 Å². The van der Waals surface area contributed by atoms with Crippen LogP contribution in [-0.4, -0.2) is 19.1 Å². The first-order valence-corrected chi connectivity index (χ1v) is 3.84. The van der Waals surface area contributed by atoms with Crippen molar-refractivity contribution >= 4 is 13.1 Å². The van der Waals surface area contributed by atoms with Crippen LogP contribution in [0.1, 0.15) is 27.7 Å². The zero-order valence-corrected chi connectivity index (χ0v) is 7.64. The average molecular weight is 152 g/mol. The molecule has 2 nitrogen and oxygen atoms in total. The molecule has 0 aromatic rings. The Bertz CT molecular complexity index is 163. The number of allylic oxidation sites excluding steroid dienone is 2. The lowest BCUT2D eigenvalue weighted by Gasteiger charge is -2.06. The zero-order valence-electron chi connectivity index (χ0n) is 7.64. The Morgan fingerprint density at radius 1 is 1.55 bits per heavy atom. The van der Waals surface area contributed by atoms with Crippen molar-refractivity contribution in [3.63, 3.8) is 0 Å². The fourth-order valence-electron chi connectivity index (χ4n) is 0.616. The fourth-order valence-corrected chi connectivity index (χ4v) is 0.616. The predicted molar refractivity (Wildman–Crippen MR) is 48.9 cm³/mol. The third kappa shape index (κ3) is 5.71. The maximum Gasteiger partial charge on any atom is 0.265 e. The van der Waals surface area contributed by atoms with E-state index in [1.54, 1.807) is 7.28 Å². The van der Waals surface area contributed by atoms with Crippen molar-refractivity contribution in [3.8, 4) is 0 Å². The monoisotopic (exact) mass is 152 g/mol. The Morgan fingerprint density at radius 2 is 2.09 bits per heavy atom. The molecular formula is C8H15BNO. The second kappa shape index (κ2) is 5.00. The Hall–Kier alpha value is -0.725. The molecule has 1 amide bonds. The van der Waals surface area contributed by atoms with Crippen LogP contribution in [0.4, 0.5) is 4.79 Å². The molecule has 61 valence electrons. The number of carbonyl (C=O) groups is 1. The first-order valence-electron chi connectivity index (χ1n) is 3.84. The van der Waals surface area contributed by atoms with Gasteiger partial charge in [-0.1, -0.05) is 13.0 Å². The molecule has 0 unspecified atom stereocenters. The average Bonchev–Trinajstić information content (AvgIpc) is 1.85. The molecule has 0 fully saturated rings. The molecule has 1 radical (unpaired) electrons. The third-order valence-corrected chi connectivity index (χ3v) is 1.25. The minimum absolute atomic E-state index is 0.0180. The Labute approximate surface area is 69.3 Å². The van der Waals surface area contributed by atoms with E-state index in [9.17, 15) is 4.79 Å². The van der Waals surface area contributed by atoms with E-state index in [-0.39, 0.29) is 11.8 Å². The maximum absolute atomic E-state index is 11.0. The van der Waals surface area contributed by atoms with E-state index in [0.29, 0.717) is 0 Å². The van der Waals surface area contributed by atoms with Crippen LogP contribution in [0.5, 0.6) is 0 Å². The second-order valence-electron chi connectivity index (χ2n) is 2.84. The van der Waals surface area contributed by atoms with Gasteiger partial charge in [-0.15, -0.1) is 5.47 Å². The molecule has 0 aromatic heterocycles. The summed E-state index contributed by atoms with van der Waals surface area (Å²) in [5.74, 6) is -0.0180. The van der Waals surface area contributed by atoms with Crippen molar-refractivity contribution in [2.24, 2.45) is 0 Å². The quantitative estimate of drug-likeness (QED) is 0.613. The van der Waals surface area contributed by atoms with Crippen LogP contribution in [0.2, 0.25) is 0 Å². The summed E-state index contributed by atoms with van der Waals surface area (Å²) in [6.07, 6.45) is 1.90. The largest absolute Gasteiger partial charge is 0.363 e. The van der Waals surface area contributed by atoms with Crippen molar-refractivity contribution in [1.82, 2.24) is 5.32 Å². The number of carbonyl (C=O) groups excluding carboxylic acids is 1. The summed E-state index contributed by atoms with van der Waals surface area (Å²) in [6.45, 7) is 7.70. The molecule has 11 heavy (non-hydrogen) atoms. The molecule has 0 spiro atoms. The van der Waals surface area contributed by atoms with Gasteiger partial charge >= 0.3 is 0 Å². The lowest BCUT2D eigenvalue weighted by molar-refractivity contribution is 0.257. The minimum atomic E-state index is -0.0180. The molecule has 0 aliphatic carbocycles. The van der Waals surface area contributed by atoms with Gasteiger partial charge in [-0.2, -0.15) is 0 Å². The second-order valence-corrected chi connectivity index (χ2v) is 2.84. The summed E-state index contributed by atoms with van der Waals surface area (Å²) >= 11 is 0. The zero-order chi connectivity index (χ0) is 8.85. The number of amides is 1. The Kier molecular flexibility index (Phi) is 4.67. The molecule has 0 saturated heterocycles. The number of hydrogen-bond donors (Lipinski definition) is 1. The van der Waals surface area contributed by atoms with E-state index in [4.69, 9.17) is 0 Å². The van der Waals surface area contributed by atoms with Gasteiger partial charge in [-0.3, -0.25) is 4.79 Å². The van der Waals surface area contributed by atoms with Gasteiger partial charge in [0.2, 0.25) is 0 Å². The lowest BCUT2D eigenvalue weighted by atomic mass is 9.69. The van der Waals surface area contributed by atoms with Gasteiger partial charge in [0.1, 0.15) is 0 Å². The standard InChI is InChI=1S/C8H15BNO/c1-5-7(4)9-8(11)10-6(2)3/h5-6H,1-4H3,(H,10,11)/b7-5-. The van der Waals surface area contributed by atoms with Gasteiger partial charge in [0.15, 0.2) is 5.81 Å². The van der Waals surface area contributed by atoms with Gasteiger partial charge in [0, 0.05) is 6.04 Å². The Balaban J connectivity index is 3.70. The number of nitrogens with one attached hydrogen (secondary N) is 1. The molecule has 0 aromatic carbocycles. The lowest BCUT2D eigenvalue weighted by Crippen LogP contribution is -2.33. The first kappa shape index (κ1) is 10.3. The summed E-state index contributed by atoms with van der Waals surface area (Å²) in [5.41, 5.74) is 0.989. The fraction of sp³-hybridized carbons (Fsp3) is 0.625. The number of rotatable bonds is 3. The van der Waals surface area contributed by atoms with E-state index in [0.717, 1.165) is 5.47 Å². The highest BCUT2D eigenvalue weighted by Crippen LogP contribution is 1.89. The highest BCUT2D eigenvalue weighted by atomic mass is 16.1. The third-order valence-electron chi connectivity index (χ3n) is 1.25. The number of hydrogen-bond acceptors (Lipinski definition) is 1. The molecule has 0 atom stereocenters. The van der Waals surface area contributed by atoms with E-state index in [1.165, 1.54) is 0 Å². The van der Waals surface area contributed by atoms with Crippen molar-refractivity contribution in [1.29, 1.82) is 0 Å². The highest BCUT2D eigenvalue weighted by molar-refractivity contribution is 6.78. The van der Waals surface area contributed by atoms with Crippen molar-refractivity contribution in [2.45, 2.75) is 33.7 Å². The summed E-state index contributed by atoms with van der Waals surface area (Å²) in [7, 11) is 1.60. The van der Waals surface area contributed by atoms with Gasteiger partial charge in [0.25, 0.3) is 7.28 Å². The highest BCUT2D eigenvalue weighted by Gasteiger charge is 2.04. The van der Waals surface area contributed by atoms with Gasteiger partial charge < -0.3 is 5.32 Å². The van der Waals surface area contributed by atoms with E-state index >= 15 is 0 Å². The molecule has 0 aliphatic heterocycles. The SMILES string of the molecule is C/C=C(/C)[B]C(=O)NC(C)C. The van der Waals surface area contributed by atoms with E-state index in [1.807, 2.05) is 33.8 Å². The van der Waals surface area contributed by atoms with Crippen molar-refractivity contribution < 1.29 is 4.79 Å². The van der Waals surface area contributed by atoms with Crippen molar-refractivity contribution in [3.05, 3.63) is 11.5 Å². The molecule has 0 rings (SSSR count). The normalized spacial score (nSPS) is 11.5. The summed E-state index contributed by atoms with van der Waals surface area (Å²) in [6, 6.07) is 0.211. The van der Waals surface area contributed by atoms with Crippen LogP contribution in [0.15, 0.2) is 11.5 Å². The smallest absolute Gasteiger partial charge is 0.265 e. The molecule has 0 bridgehead atoms. The van der Waals surface area contributed by atoms with Crippen LogP contribution in [-0.2, 0) is 0 Å². The van der Waals surface area contributed by atoms with Crippen LogP contribution < -0.4 is 5.32 Å². The molecule has 1 N–H and O–H groups in total. The van der Waals surface area contributed by atoms with Gasteiger partial charge in [-0.05, 0) is 20.8 Å². The summed E-state index contributed by atoms with van der Waals surface area (Å²) < 4.78 is 0. The molecule has 0 aliphatic rings. The van der Waals surface area contributed by atoms with Crippen LogP contribution in [0.25, 0.3) is 0 Å². The molecule has 0 heterocycles. The maximum atomic E-state index is 11.0. The molecule has 0 saturated carbocycles. The Morgan fingerprint density at radius 3 is 2.45 bits per heavy atom. The first-order chi connectivity index (χ1) is 5.06. The molecular weight excluding hydrogens is 137 g/mol. The van der Waals surface area contributed by atoms with Gasteiger partial charge in [-0.25, -0.2) is 0 Å². The van der Waals surface area contributed by atoms with E-state index in [2.05, 4.69) is 5.32 Å². The van der Waals surface area contributed by atoms with Crippen LogP contribution in [0, 0.1) is 0 Å². The summed E-state index contributed by atoms with van der Waals surface area (Å²) in [5, 5.41) is 2.77. The van der Waals surface area contributed by atoms with Crippen molar-refractivity contribution in [2.75, 3.05) is 0 Å². The predicted octanol–water partition coefficient (Wildman–Crippen LogP) is 1.73. The van der Waals surface area contributed by atoms with Crippen LogP contribution in [0.3, 0.4) is 0 Å². The molecule has 3 heteroatoms. The minimum Gasteiger partial charge on any atom is -0.363 e. The van der Waals surface area contributed by atoms with Crippen LogP contribution >= 0.6 is 0 Å². The topological polar surface area (TPSA) is 29.1 Å². The van der Waals surface area contributed by atoms with E-state index < -0.39 is 0 Å². The summed E-state index contributed by atoms with van der Waals surface area (Å²) in [4.78, 5) is 11.0.